The standard InChI is InChI=1S/C9H20N2O3S/c1-4-15(13,14)7-5-6-11-9(2,3)8(10)12/h11H,4-7H2,1-3H3,(H2,10,12). The van der Waals surface area contributed by atoms with Gasteiger partial charge in [0, 0.05) is 5.75 Å². The molecule has 0 aliphatic rings. The maximum absolute atomic E-state index is 11.1. The molecule has 0 aliphatic carbocycles. The molecular formula is C9H20N2O3S. The second kappa shape index (κ2) is 5.46. The van der Waals surface area contributed by atoms with Crippen molar-refractivity contribution in [3.8, 4) is 0 Å². The largest absolute Gasteiger partial charge is 0.368 e. The van der Waals surface area contributed by atoms with Crippen LogP contribution in [0.25, 0.3) is 0 Å². The van der Waals surface area contributed by atoms with Gasteiger partial charge in [0.15, 0.2) is 0 Å². The Kier molecular flexibility index (Phi) is 5.23. The van der Waals surface area contributed by atoms with Crippen LogP contribution in [0.4, 0.5) is 0 Å². The number of primary amides is 1. The van der Waals surface area contributed by atoms with Gasteiger partial charge in [-0.15, -0.1) is 0 Å². The first-order valence-electron chi connectivity index (χ1n) is 4.96. The number of amides is 1. The van der Waals surface area contributed by atoms with Crippen LogP contribution in [0.15, 0.2) is 0 Å². The van der Waals surface area contributed by atoms with Crippen LogP contribution < -0.4 is 11.1 Å². The first-order valence-corrected chi connectivity index (χ1v) is 6.79. The molecule has 0 unspecified atom stereocenters. The molecule has 0 aromatic rings. The number of nitrogens with two attached hydrogens (primary N) is 1. The Labute approximate surface area is 91.3 Å². The van der Waals surface area contributed by atoms with Crippen LogP contribution in [0.1, 0.15) is 27.2 Å². The van der Waals surface area contributed by atoms with E-state index >= 15 is 0 Å². The molecule has 0 heterocycles. The Morgan fingerprint density at radius 2 is 1.93 bits per heavy atom. The van der Waals surface area contributed by atoms with Crippen LogP contribution in [-0.2, 0) is 14.6 Å². The van der Waals surface area contributed by atoms with Crippen molar-refractivity contribution >= 4 is 15.7 Å². The maximum Gasteiger partial charge on any atom is 0.237 e. The topological polar surface area (TPSA) is 89.3 Å². The lowest BCUT2D eigenvalue weighted by Gasteiger charge is -2.22. The molecular weight excluding hydrogens is 216 g/mol. The van der Waals surface area contributed by atoms with E-state index in [1.54, 1.807) is 20.8 Å². The highest BCUT2D eigenvalue weighted by Crippen LogP contribution is 2.00. The van der Waals surface area contributed by atoms with Crippen molar-refractivity contribution in [3.05, 3.63) is 0 Å². The molecule has 15 heavy (non-hydrogen) atoms. The van der Waals surface area contributed by atoms with Gasteiger partial charge in [-0.05, 0) is 26.8 Å². The number of hydrogen-bond acceptors (Lipinski definition) is 4. The number of rotatable bonds is 7. The monoisotopic (exact) mass is 236 g/mol. The molecule has 0 saturated carbocycles. The van der Waals surface area contributed by atoms with Crippen LogP contribution in [-0.4, -0.2) is 37.9 Å². The van der Waals surface area contributed by atoms with Gasteiger partial charge in [0.2, 0.25) is 5.91 Å². The SMILES string of the molecule is CCS(=O)(=O)CCCNC(C)(C)C(N)=O. The van der Waals surface area contributed by atoms with E-state index in [9.17, 15) is 13.2 Å². The van der Waals surface area contributed by atoms with Crippen molar-refractivity contribution < 1.29 is 13.2 Å². The molecule has 0 bridgehead atoms. The summed E-state index contributed by atoms with van der Waals surface area (Å²) in [5, 5.41) is 2.92. The van der Waals surface area contributed by atoms with Gasteiger partial charge in [0.1, 0.15) is 9.84 Å². The molecule has 0 atom stereocenters. The first kappa shape index (κ1) is 14.4. The summed E-state index contributed by atoms with van der Waals surface area (Å²) in [7, 11) is -2.91. The Balaban J connectivity index is 3.87. The van der Waals surface area contributed by atoms with E-state index in [-0.39, 0.29) is 11.5 Å². The van der Waals surface area contributed by atoms with Gasteiger partial charge in [-0.2, -0.15) is 0 Å². The van der Waals surface area contributed by atoms with Crippen molar-refractivity contribution in [1.82, 2.24) is 5.32 Å². The third kappa shape index (κ3) is 5.74. The molecule has 1 amide bonds. The molecule has 3 N–H and O–H groups in total. The molecule has 0 saturated heterocycles. The van der Waals surface area contributed by atoms with E-state index < -0.39 is 21.3 Å². The van der Waals surface area contributed by atoms with Gasteiger partial charge in [-0.1, -0.05) is 6.92 Å². The summed E-state index contributed by atoms with van der Waals surface area (Å²) in [5.74, 6) is -0.141. The second-order valence-electron chi connectivity index (χ2n) is 4.01. The van der Waals surface area contributed by atoms with Gasteiger partial charge in [-0.25, -0.2) is 8.42 Å². The summed E-state index contributed by atoms with van der Waals surface area (Å²) < 4.78 is 22.3. The second-order valence-corrected chi connectivity index (χ2v) is 6.48. The molecule has 0 rings (SSSR count). The van der Waals surface area contributed by atoms with Gasteiger partial charge < -0.3 is 11.1 Å². The highest BCUT2D eigenvalue weighted by atomic mass is 32.2. The summed E-state index contributed by atoms with van der Waals surface area (Å²) >= 11 is 0. The number of hydrogen-bond donors (Lipinski definition) is 2. The zero-order valence-electron chi connectivity index (χ0n) is 9.54. The lowest BCUT2D eigenvalue weighted by atomic mass is 10.1. The smallest absolute Gasteiger partial charge is 0.237 e. The summed E-state index contributed by atoms with van der Waals surface area (Å²) in [5.41, 5.74) is 4.36. The van der Waals surface area contributed by atoms with Crippen molar-refractivity contribution in [2.75, 3.05) is 18.1 Å². The fourth-order valence-corrected chi connectivity index (χ4v) is 1.80. The zero-order chi connectivity index (χ0) is 12.1. The average Bonchev–Trinajstić information content (AvgIpc) is 2.12. The summed E-state index contributed by atoms with van der Waals surface area (Å²) in [6.07, 6.45) is 0.493. The molecule has 0 aromatic carbocycles. The van der Waals surface area contributed by atoms with Crippen LogP contribution in [0, 0.1) is 0 Å². The lowest BCUT2D eigenvalue weighted by Crippen LogP contribution is -2.51. The highest BCUT2D eigenvalue weighted by molar-refractivity contribution is 7.91. The quantitative estimate of drug-likeness (QED) is 0.592. The van der Waals surface area contributed by atoms with E-state index in [0.29, 0.717) is 13.0 Å². The summed E-state index contributed by atoms with van der Waals surface area (Å²) in [4.78, 5) is 10.9. The molecule has 0 aromatic heterocycles. The van der Waals surface area contributed by atoms with Crippen LogP contribution >= 0.6 is 0 Å². The molecule has 0 fully saturated rings. The van der Waals surface area contributed by atoms with E-state index in [0.717, 1.165) is 0 Å². The zero-order valence-corrected chi connectivity index (χ0v) is 10.4. The molecule has 90 valence electrons. The van der Waals surface area contributed by atoms with Crippen LogP contribution in [0.3, 0.4) is 0 Å². The van der Waals surface area contributed by atoms with Crippen molar-refractivity contribution in [2.24, 2.45) is 5.73 Å². The van der Waals surface area contributed by atoms with E-state index in [4.69, 9.17) is 5.73 Å². The van der Waals surface area contributed by atoms with Crippen molar-refractivity contribution in [2.45, 2.75) is 32.7 Å². The Morgan fingerprint density at radius 3 is 2.33 bits per heavy atom. The van der Waals surface area contributed by atoms with E-state index in [1.807, 2.05) is 0 Å². The predicted octanol–water partition coefficient (Wildman–Crippen LogP) is -0.335. The van der Waals surface area contributed by atoms with Crippen molar-refractivity contribution in [1.29, 1.82) is 0 Å². The molecule has 0 radical (unpaired) electrons. The number of carbonyl (C=O) groups is 1. The minimum Gasteiger partial charge on any atom is -0.368 e. The molecule has 0 aliphatic heterocycles. The normalized spacial score (nSPS) is 12.7. The van der Waals surface area contributed by atoms with Crippen LogP contribution in [0.5, 0.6) is 0 Å². The highest BCUT2D eigenvalue weighted by Gasteiger charge is 2.23. The maximum atomic E-state index is 11.1. The molecule has 0 spiro atoms. The summed E-state index contributed by atoms with van der Waals surface area (Å²) in [6.45, 7) is 5.43. The fraction of sp³-hybridized carbons (Fsp3) is 0.889. The number of carbonyl (C=O) groups excluding carboxylic acids is 1. The molecule has 5 nitrogen and oxygen atoms in total. The van der Waals surface area contributed by atoms with Gasteiger partial charge in [-0.3, -0.25) is 4.79 Å². The lowest BCUT2D eigenvalue weighted by molar-refractivity contribution is -0.123. The minimum atomic E-state index is -2.91. The minimum absolute atomic E-state index is 0.144. The fourth-order valence-electron chi connectivity index (χ4n) is 0.924. The Hall–Kier alpha value is -0.620. The van der Waals surface area contributed by atoms with Crippen LogP contribution in [0.2, 0.25) is 0 Å². The third-order valence-corrected chi connectivity index (χ3v) is 4.05. The Morgan fingerprint density at radius 1 is 1.40 bits per heavy atom. The first-order chi connectivity index (χ1) is 6.71. The van der Waals surface area contributed by atoms with E-state index in [2.05, 4.69) is 5.32 Å². The van der Waals surface area contributed by atoms with Gasteiger partial charge in [0.25, 0.3) is 0 Å². The summed E-state index contributed by atoms with van der Waals surface area (Å²) in [6, 6.07) is 0. The number of nitrogens with one attached hydrogen (secondary N) is 1. The van der Waals surface area contributed by atoms with Gasteiger partial charge >= 0.3 is 0 Å². The average molecular weight is 236 g/mol. The predicted molar refractivity (Wildman–Crippen MR) is 60.2 cm³/mol. The van der Waals surface area contributed by atoms with Crippen molar-refractivity contribution in [3.63, 3.8) is 0 Å². The third-order valence-electron chi connectivity index (χ3n) is 2.25. The number of sulfone groups is 1. The Bertz CT molecular complexity index is 309. The van der Waals surface area contributed by atoms with Gasteiger partial charge in [0.05, 0.1) is 11.3 Å². The van der Waals surface area contributed by atoms with E-state index in [1.165, 1.54) is 0 Å². The molecule has 6 heteroatoms.